The molecule has 1 aliphatic rings. The standard InChI is InChI=1S/C14H18N2O3S/c1-10-7-15(8-11(2)20-10)9-14(17)12-3-5-13(6-4-12)16(18)19/h3-6,10-11H,7-9H2,1-2H3. The van der Waals surface area contributed by atoms with Crippen molar-refractivity contribution < 1.29 is 9.72 Å². The van der Waals surface area contributed by atoms with Gasteiger partial charge < -0.3 is 0 Å². The van der Waals surface area contributed by atoms with Gasteiger partial charge in [0.05, 0.1) is 11.5 Å². The zero-order chi connectivity index (χ0) is 14.7. The zero-order valence-corrected chi connectivity index (χ0v) is 12.4. The van der Waals surface area contributed by atoms with Crippen LogP contribution in [0.15, 0.2) is 24.3 Å². The van der Waals surface area contributed by atoms with Crippen molar-refractivity contribution in [3.63, 3.8) is 0 Å². The molecule has 6 heteroatoms. The molecule has 108 valence electrons. The van der Waals surface area contributed by atoms with Crippen LogP contribution in [0, 0.1) is 10.1 Å². The lowest BCUT2D eigenvalue weighted by atomic mass is 10.1. The summed E-state index contributed by atoms with van der Waals surface area (Å²) < 4.78 is 0. The minimum atomic E-state index is -0.459. The van der Waals surface area contributed by atoms with E-state index in [9.17, 15) is 14.9 Å². The molecule has 0 radical (unpaired) electrons. The van der Waals surface area contributed by atoms with E-state index in [1.165, 1.54) is 24.3 Å². The third kappa shape index (κ3) is 3.80. The van der Waals surface area contributed by atoms with E-state index in [1.54, 1.807) is 0 Å². The van der Waals surface area contributed by atoms with Crippen molar-refractivity contribution in [2.45, 2.75) is 24.3 Å². The topological polar surface area (TPSA) is 63.5 Å². The number of non-ortho nitro benzene ring substituents is 1. The summed E-state index contributed by atoms with van der Waals surface area (Å²) in [5, 5.41) is 11.6. The molecule has 0 aliphatic carbocycles. The van der Waals surface area contributed by atoms with E-state index in [-0.39, 0.29) is 11.5 Å². The number of benzene rings is 1. The number of carbonyl (C=O) groups excluding carboxylic acids is 1. The maximum absolute atomic E-state index is 12.2. The Morgan fingerprint density at radius 1 is 1.30 bits per heavy atom. The fourth-order valence-electron chi connectivity index (χ4n) is 2.48. The fourth-order valence-corrected chi connectivity index (χ4v) is 3.86. The first-order valence-electron chi connectivity index (χ1n) is 6.61. The van der Waals surface area contributed by atoms with Gasteiger partial charge >= 0.3 is 0 Å². The number of hydrogen-bond acceptors (Lipinski definition) is 5. The molecule has 2 unspecified atom stereocenters. The van der Waals surface area contributed by atoms with Crippen molar-refractivity contribution >= 4 is 23.2 Å². The van der Waals surface area contributed by atoms with Gasteiger partial charge in [0.2, 0.25) is 0 Å². The van der Waals surface area contributed by atoms with Crippen LogP contribution in [0.3, 0.4) is 0 Å². The van der Waals surface area contributed by atoms with Gasteiger partial charge in [-0.1, -0.05) is 13.8 Å². The molecule has 0 amide bonds. The molecule has 0 saturated carbocycles. The molecule has 20 heavy (non-hydrogen) atoms. The van der Waals surface area contributed by atoms with Crippen LogP contribution in [-0.4, -0.2) is 45.7 Å². The smallest absolute Gasteiger partial charge is 0.269 e. The Hall–Kier alpha value is -1.40. The molecule has 0 spiro atoms. The molecule has 2 rings (SSSR count). The molecule has 0 N–H and O–H groups in total. The van der Waals surface area contributed by atoms with Crippen molar-refractivity contribution in [1.29, 1.82) is 0 Å². The first kappa shape index (κ1) is 15.0. The third-order valence-corrected chi connectivity index (χ3v) is 4.49. The van der Waals surface area contributed by atoms with Crippen LogP contribution in [0.25, 0.3) is 0 Å². The quantitative estimate of drug-likeness (QED) is 0.485. The van der Waals surface area contributed by atoms with Crippen molar-refractivity contribution in [2.75, 3.05) is 19.6 Å². The predicted molar refractivity (Wildman–Crippen MR) is 80.4 cm³/mol. The Labute approximate surface area is 122 Å². The highest BCUT2D eigenvalue weighted by atomic mass is 32.2. The lowest BCUT2D eigenvalue weighted by molar-refractivity contribution is -0.384. The van der Waals surface area contributed by atoms with Crippen molar-refractivity contribution in [2.24, 2.45) is 0 Å². The Morgan fingerprint density at radius 2 is 1.85 bits per heavy atom. The molecule has 1 heterocycles. The summed E-state index contributed by atoms with van der Waals surface area (Å²) in [6.07, 6.45) is 0. The van der Waals surface area contributed by atoms with Crippen LogP contribution in [0.2, 0.25) is 0 Å². The lowest BCUT2D eigenvalue weighted by Crippen LogP contribution is -2.42. The molecule has 1 saturated heterocycles. The van der Waals surface area contributed by atoms with Crippen LogP contribution >= 0.6 is 11.8 Å². The monoisotopic (exact) mass is 294 g/mol. The number of Topliss-reactive ketones (excluding diaryl/α,β-unsaturated/α-hetero) is 1. The summed E-state index contributed by atoms with van der Waals surface area (Å²) in [6.45, 7) is 6.54. The largest absolute Gasteiger partial charge is 0.294 e. The zero-order valence-electron chi connectivity index (χ0n) is 11.6. The van der Waals surface area contributed by atoms with E-state index in [1.807, 2.05) is 11.8 Å². The number of nitrogens with zero attached hydrogens (tertiary/aromatic N) is 2. The SMILES string of the molecule is CC1CN(CC(=O)c2ccc([N+](=O)[O-])cc2)CC(C)S1. The maximum atomic E-state index is 12.2. The average Bonchev–Trinajstić information content (AvgIpc) is 2.37. The second-order valence-electron chi connectivity index (χ2n) is 5.18. The lowest BCUT2D eigenvalue weighted by Gasteiger charge is -2.34. The third-order valence-electron chi connectivity index (χ3n) is 3.26. The summed E-state index contributed by atoms with van der Waals surface area (Å²) in [7, 11) is 0. The normalized spacial score (nSPS) is 23.5. The van der Waals surface area contributed by atoms with Gasteiger partial charge in [-0.05, 0) is 12.1 Å². The average molecular weight is 294 g/mol. The predicted octanol–water partition coefficient (Wildman–Crippen LogP) is 2.60. The van der Waals surface area contributed by atoms with Crippen molar-refractivity contribution in [3.05, 3.63) is 39.9 Å². The van der Waals surface area contributed by atoms with E-state index in [4.69, 9.17) is 0 Å². The number of thioether (sulfide) groups is 1. The van der Waals surface area contributed by atoms with E-state index >= 15 is 0 Å². The van der Waals surface area contributed by atoms with Crippen LogP contribution < -0.4 is 0 Å². The molecule has 5 nitrogen and oxygen atoms in total. The van der Waals surface area contributed by atoms with Gasteiger partial charge in [-0.15, -0.1) is 0 Å². The Balaban J connectivity index is 1.99. The van der Waals surface area contributed by atoms with Gasteiger partial charge in [-0.3, -0.25) is 19.8 Å². The first-order chi connectivity index (χ1) is 9.45. The van der Waals surface area contributed by atoms with Gasteiger partial charge in [0.25, 0.3) is 5.69 Å². The molecule has 1 fully saturated rings. The minimum Gasteiger partial charge on any atom is -0.294 e. The number of nitro groups is 1. The molecule has 0 aromatic heterocycles. The van der Waals surface area contributed by atoms with Gasteiger partial charge in [0.15, 0.2) is 5.78 Å². The molecule has 2 atom stereocenters. The number of nitro benzene ring substituents is 1. The van der Waals surface area contributed by atoms with Gasteiger partial charge in [-0.2, -0.15) is 11.8 Å². The van der Waals surface area contributed by atoms with Crippen molar-refractivity contribution in [3.8, 4) is 0 Å². The Bertz CT molecular complexity index is 494. The highest BCUT2D eigenvalue weighted by molar-refractivity contribution is 8.00. The van der Waals surface area contributed by atoms with Crippen LogP contribution in [-0.2, 0) is 0 Å². The molecule has 1 aromatic carbocycles. The van der Waals surface area contributed by atoms with Gasteiger partial charge in [0.1, 0.15) is 0 Å². The van der Waals surface area contributed by atoms with Crippen molar-refractivity contribution in [1.82, 2.24) is 4.90 Å². The highest BCUT2D eigenvalue weighted by Gasteiger charge is 2.24. The summed E-state index contributed by atoms with van der Waals surface area (Å²) in [6, 6.07) is 5.83. The molecule has 1 aromatic rings. The van der Waals surface area contributed by atoms with Gasteiger partial charge in [-0.25, -0.2) is 0 Å². The van der Waals surface area contributed by atoms with E-state index < -0.39 is 4.92 Å². The van der Waals surface area contributed by atoms with E-state index in [0.29, 0.717) is 22.6 Å². The minimum absolute atomic E-state index is 0.0122. The second kappa shape index (κ2) is 6.37. The van der Waals surface area contributed by atoms with Crippen LogP contribution in [0.5, 0.6) is 0 Å². The number of hydrogen-bond donors (Lipinski definition) is 0. The number of ketones is 1. The van der Waals surface area contributed by atoms with Crippen LogP contribution in [0.4, 0.5) is 5.69 Å². The Morgan fingerprint density at radius 3 is 2.35 bits per heavy atom. The first-order valence-corrected chi connectivity index (χ1v) is 7.55. The molecular formula is C14H18N2O3S. The Kier molecular flexibility index (Phi) is 4.77. The summed E-state index contributed by atoms with van der Waals surface area (Å²) in [5.41, 5.74) is 0.548. The van der Waals surface area contributed by atoms with E-state index in [0.717, 1.165) is 13.1 Å². The highest BCUT2D eigenvalue weighted by Crippen LogP contribution is 2.24. The second-order valence-corrected chi connectivity index (χ2v) is 7.06. The maximum Gasteiger partial charge on any atom is 0.269 e. The number of carbonyl (C=O) groups is 1. The van der Waals surface area contributed by atoms with Gasteiger partial charge in [0, 0.05) is 41.3 Å². The summed E-state index contributed by atoms with van der Waals surface area (Å²) >= 11 is 1.95. The summed E-state index contributed by atoms with van der Waals surface area (Å²) in [5.74, 6) is 0.0196. The molecule has 1 aliphatic heterocycles. The van der Waals surface area contributed by atoms with E-state index in [2.05, 4.69) is 18.7 Å². The summed E-state index contributed by atoms with van der Waals surface area (Å²) in [4.78, 5) is 24.5. The molecule has 0 bridgehead atoms. The number of rotatable bonds is 4. The molecular weight excluding hydrogens is 276 g/mol. The fraction of sp³-hybridized carbons (Fsp3) is 0.500. The van der Waals surface area contributed by atoms with Crippen LogP contribution in [0.1, 0.15) is 24.2 Å².